The fraction of sp³-hybridized carbons (Fsp3) is 0.438. The van der Waals surface area contributed by atoms with Crippen LogP contribution in [0.1, 0.15) is 13.8 Å². The van der Waals surface area contributed by atoms with Gasteiger partial charge in [0.1, 0.15) is 0 Å². The largest absolute Gasteiger partial charge is 0.390 e. The second-order valence-electron chi connectivity index (χ2n) is 5.13. The van der Waals surface area contributed by atoms with Crippen molar-refractivity contribution in [3.8, 4) is 0 Å². The summed E-state index contributed by atoms with van der Waals surface area (Å²) in [6.07, 6.45) is 1.50. The summed E-state index contributed by atoms with van der Waals surface area (Å²) in [7, 11) is 0. The van der Waals surface area contributed by atoms with Gasteiger partial charge in [-0.1, -0.05) is 30.0 Å². The van der Waals surface area contributed by atoms with E-state index in [1.807, 2.05) is 44.2 Å². The minimum atomic E-state index is -0.491. The smallest absolute Gasteiger partial charge is 0.169 e. The van der Waals surface area contributed by atoms with Crippen molar-refractivity contribution < 1.29 is 9.84 Å². The molecule has 4 nitrogen and oxygen atoms in total. The van der Waals surface area contributed by atoms with Gasteiger partial charge in [0.2, 0.25) is 0 Å². The first kappa shape index (κ1) is 16.1. The summed E-state index contributed by atoms with van der Waals surface area (Å²) in [5.74, 6) is 0.563. The van der Waals surface area contributed by atoms with Gasteiger partial charge < -0.3 is 14.4 Å². The van der Waals surface area contributed by atoms with Crippen LogP contribution in [0.3, 0.4) is 0 Å². The molecule has 0 saturated heterocycles. The molecule has 1 N–H and O–H groups in total. The molecule has 21 heavy (non-hydrogen) atoms. The molecule has 0 aliphatic rings. The fourth-order valence-electron chi connectivity index (χ4n) is 1.99. The summed E-state index contributed by atoms with van der Waals surface area (Å²) in [6, 6.07) is 8.03. The molecule has 0 saturated carbocycles. The molecule has 0 bridgehead atoms. The van der Waals surface area contributed by atoms with E-state index >= 15 is 0 Å². The fourth-order valence-corrected chi connectivity index (χ4v) is 2.92. The number of allylic oxidation sites excluding steroid dienone is 1. The summed E-state index contributed by atoms with van der Waals surface area (Å²) < 4.78 is 7.54. The van der Waals surface area contributed by atoms with Crippen molar-refractivity contribution in [1.29, 1.82) is 0 Å². The van der Waals surface area contributed by atoms with E-state index in [-0.39, 0.29) is 6.10 Å². The van der Waals surface area contributed by atoms with Gasteiger partial charge in [0.25, 0.3) is 0 Å². The number of para-hydroxylation sites is 2. The van der Waals surface area contributed by atoms with E-state index in [9.17, 15) is 5.11 Å². The molecule has 1 atom stereocenters. The summed E-state index contributed by atoms with van der Waals surface area (Å²) in [5.41, 5.74) is 2.06. The molecule has 2 aromatic rings. The number of hydrogen-bond donors (Lipinski definition) is 1. The molecule has 0 radical (unpaired) electrons. The molecule has 0 aliphatic carbocycles. The second kappa shape index (κ2) is 7.64. The SMILES string of the molecule is C=CCn1c(SCC(O)COC(C)C)nc2ccccc21. The first-order chi connectivity index (χ1) is 10.1. The lowest BCUT2D eigenvalue weighted by atomic mass is 10.3. The van der Waals surface area contributed by atoms with E-state index in [0.29, 0.717) is 18.9 Å². The highest BCUT2D eigenvalue weighted by Gasteiger charge is 2.13. The molecule has 0 fully saturated rings. The van der Waals surface area contributed by atoms with Crippen LogP contribution in [0, 0.1) is 0 Å². The van der Waals surface area contributed by atoms with Crippen LogP contribution in [0.25, 0.3) is 11.0 Å². The predicted molar refractivity (Wildman–Crippen MR) is 87.7 cm³/mol. The van der Waals surface area contributed by atoms with E-state index in [1.54, 1.807) is 11.8 Å². The maximum atomic E-state index is 9.95. The van der Waals surface area contributed by atoms with Gasteiger partial charge in [-0.05, 0) is 26.0 Å². The zero-order valence-electron chi connectivity index (χ0n) is 12.5. The van der Waals surface area contributed by atoms with Crippen LogP contribution < -0.4 is 0 Å². The van der Waals surface area contributed by atoms with Crippen molar-refractivity contribution in [2.45, 2.75) is 37.8 Å². The number of nitrogens with zero attached hydrogens (tertiary/aromatic N) is 2. The van der Waals surface area contributed by atoms with Gasteiger partial charge in [-0.25, -0.2) is 4.98 Å². The lowest BCUT2D eigenvalue weighted by molar-refractivity contribution is 0.0152. The summed E-state index contributed by atoms with van der Waals surface area (Å²) in [5, 5.41) is 10.9. The van der Waals surface area contributed by atoms with Crippen molar-refractivity contribution in [1.82, 2.24) is 9.55 Å². The molecule has 2 rings (SSSR count). The Hall–Kier alpha value is -1.30. The topological polar surface area (TPSA) is 47.3 Å². The first-order valence-corrected chi connectivity index (χ1v) is 8.09. The molecule has 0 spiro atoms. The molecule has 5 heteroatoms. The van der Waals surface area contributed by atoms with Crippen LogP contribution in [0.5, 0.6) is 0 Å². The average molecular weight is 306 g/mol. The lowest BCUT2D eigenvalue weighted by Crippen LogP contribution is -2.20. The zero-order chi connectivity index (χ0) is 15.2. The molecule has 1 aromatic carbocycles. The third kappa shape index (κ3) is 4.33. The molecule has 1 unspecified atom stereocenters. The number of hydrogen-bond acceptors (Lipinski definition) is 4. The van der Waals surface area contributed by atoms with Crippen molar-refractivity contribution in [3.05, 3.63) is 36.9 Å². The normalized spacial score (nSPS) is 13.0. The molecular formula is C16H22N2O2S. The number of aromatic nitrogens is 2. The van der Waals surface area contributed by atoms with Crippen molar-refractivity contribution >= 4 is 22.8 Å². The maximum Gasteiger partial charge on any atom is 0.169 e. The van der Waals surface area contributed by atoms with Crippen LogP contribution in [0.2, 0.25) is 0 Å². The predicted octanol–water partition coefficient (Wildman–Crippen LogP) is 3.10. The Labute approximate surface area is 129 Å². The summed E-state index contributed by atoms with van der Waals surface area (Å²) in [6.45, 7) is 8.79. The van der Waals surface area contributed by atoms with Crippen molar-refractivity contribution in [2.75, 3.05) is 12.4 Å². The standard InChI is InChI=1S/C16H22N2O2S/c1-4-9-18-15-8-6-5-7-14(15)17-16(18)21-11-13(19)10-20-12(2)3/h4-8,12-13,19H,1,9-11H2,2-3H3. The highest BCUT2D eigenvalue weighted by molar-refractivity contribution is 7.99. The molecule has 114 valence electrons. The molecule has 1 aromatic heterocycles. The number of thioether (sulfide) groups is 1. The van der Waals surface area contributed by atoms with Gasteiger partial charge in [-0.3, -0.25) is 0 Å². The van der Waals surface area contributed by atoms with Gasteiger partial charge in [0, 0.05) is 12.3 Å². The van der Waals surface area contributed by atoms with E-state index in [4.69, 9.17) is 4.74 Å². The highest BCUT2D eigenvalue weighted by atomic mass is 32.2. The van der Waals surface area contributed by atoms with Crippen LogP contribution in [-0.4, -0.2) is 39.2 Å². The number of fused-ring (bicyclic) bond motifs is 1. The minimum Gasteiger partial charge on any atom is -0.390 e. The Balaban J connectivity index is 2.07. The van der Waals surface area contributed by atoms with Crippen molar-refractivity contribution in [2.24, 2.45) is 0 Å². The Morgan fingerprint density at radius 1 is 1.43 bits per heavy atom. The highest BCUT2D eigenvalue weighted by Crippen LogP contribution is 2.24. The Bertz CT molecular complexity index is 595. The van der Waals surface area contributed by atoms with Gasteiger partial charge in [-0.2, -0.15) is 0 Å². The minimum absolute atomic E-state index is 0.134. The molecular weight excluding hydrogens is 284 g/mol. The number of ether oxygens (including phenoxy) is 1. The van der Waals surface area contributed by atoms with Gasteiger partial charge in [-0.15, -0.1) is 6.58 Å². The van der Waals surface area contributed by atoms with Gasteiger partial charge >= 0.3 is 0 Å². The number of benzene rings is 1. The molecule has 0 aliphatic heterocycles. The lowest BCUT2D eigenvalue weighted by Gasteiger charge is -2.13. The van der Waals surface area contributed by atoms with E-state index in [1.165, 1.54) is 0 Å². The van der Waals surface area contributed by atoms with Crippen LogP contribution in [0.4, 0.5) is 0 Å². The van der Waals surface area contributed by atoms with E-state index in [2.05, 4.69) is 16.1 Å². The first-order valence-electron chi connectivity index (χ1n) is 7.10. The summed E-state index contributed by atoms with van der Waals surface area (Å²) >= 11 is 1.55. The van der Waals surface area contributed by atoms with E-state index in [0.717, 1.165) is 16.2 Å². The van der Waals surface area contributed by atoms with E-state index < -0.39 is 6.10 Å². The van der Waals surface area contributed by atoms with Crippen molar-refractivity contribution in [3.63, 3.8) is 0 Å². The Kier molecular flexibility index (Phi) is 5.85. The Morgan fingerprint density at radius 3 is 2.90 bits per heavy atom. The second-order valence-corrected chi connectivity index (χ2v) is 6.12. The number of aliphatic hydroxyl groups is 1. The Morgan fingerprint density at radius 2 is 2.19 bits per heavy atom. The maximum absolute atomic E-state index is 9.95. The molecule has 0 amide bonds. The van der Waals surface area contributed by atoms with Crippen LogP contribution in [-0.2, 0) is 11.3 Å². The zero-order valence-corrected chi connectivity index (χ0v) is 13.3. The van der Waals surface area contributed by atoms with Crippen LogP contribution >= 0.6 is 11.8 Å². The van der Waals surface area contributed by atoms with Gasteiger partial charge in [0.05, 0.1) is 29.8 Å². The van der Waals surface area contributed by atoms with Gasteiger partial charge in [0.15, 0.2) is 5.16 Å². The average Bonchev–Trinajstić information content (AvgIpc) is 2.81. The monoisotopic (exact) mass is 306 g/mol. The quantitative estimate of drug-likeness (QED) is 0.601. The number of aliphatic hydroxyl groups excluding tert-OH is 1. The third-order valence-electron chi connectivity index (χ3n) is 2.96. The molecule has 1 heterocycles. The number of imidazole rings is 1. The summed E-state index contributed by atoms with van der Waals surface area (Å²) in [4.78, 5) is 4.62. The third-order valence-corrected chi connectivity index (χ3v) is 4.08. The number of rotatable bonds is 8. The van der Waals surface area contributed by atoms with Crippen LogP contribution in [0.15, 0.2) is 42.1 Å².